The van der Waals surface area contributed by atoms with Crippen molar-refractivity contribution in [3.05, 3.63) is 59.1 Å². The fourth-order valence-corrected chi connectivity index (χ4v) is 3.87. The first kappa shape index (κ1) is 20.3. The van der Waals surface area contributed by atoms with Gasteiger partial charge in [0.25, 0.3) is 15.9 Å². The van der Waals surface area contributed by atoms with Crippen LogP contribution in [0.1, 0.15) is 37.0 Å². The second-order valence-electron chi connectivity index (χ2n) is 6.14. The summed E-state index contributed by atoms with van der Waals surface area (Å²) in [5.74, 6) is -0.218. The van der Waals surface area contributed by atoms with Crippen LogP contribution >= 0.6 is 11.6 Å². The summed E-state index contributed by atoms with van der Waals surface area (Å²) in [6.07, 6.45) is 1.86. The van der Waals surface area contributed by atoms with Crippen LogP contribution in [0.4, 0.5) is 5.69 Å². The predicted molar refractivity (Wildman–Crippen MR) is 105 cm³/mol. The fourth-order valence-electron chi connectivity index (χ4n) is 2.56. The number of halogens is 1. The van der Waals surface area contributed by atoms with Crippen LogP contribution in [0.15, 0.2) is 53.4 Å². The summed E-state index contributed by atoms with van der Waals surface area (Å²) >= 11 is 5.82. The number of nitrogens with zero attached hydrogens (tertiary/aromatic N) is 1. The molecule has 2 aromatic carbocycles. The largest absolute Gasteiger partial charge is 0.350 e. The Morgan fingerprint density at radius 3 is 2.46 bits per heavy atom. The molecule has 0 heterocycles. The third kappa shape index (κ3) is 4.77. The zero-order chi connectivity index (χ0) is 19.3. The first-order chi connectivity index (χ1) is 12.3. The lowest BCUT2D eigenvalue weighted by Crippen LogP contribution is -2.32. The van der Waals surface area contributed by atoms with Crippen molar-refractivity contribution >= 4 is 33.2 Å². The summed E-state index contributed by atoms with van der Waals surface area (Å²) in [7, 11) is -2.28. The van der Waals surface area contributed by atoms with Crippen LogP contribution in [0.5, 0.6) is 0 Å². The number of carbonyl (C=O) groups excluding carboxylic acids is 1. The number of carbonyl (C=O) groups is 1. The molecule has 0 aromatic heterocycles. The molecule has 0 unspecified atom stereocenters. The predicted octanol–water partition coefficient (Wildman–Crippen LogP) is 4.08. The van der Waals surface area contributed by atoms with Gasteiger partial charge in [0.2, 0.25) is 0 Å². The first-order valence-corrected chi connectivity index (χ1v) is 10.2. The number of hydrogen-bond acceptors (Lipinski definition) is 3. The van der Waals surface area contributed by atoms with E-state index in [1.54, 1.807) is 24.3 Å². The zero-order valence-electron chi connectivity index (χ0n) is 15.1. The Morgan fingerprint density at radius 2 is 1.85 bits per heavy atom. The van der Waals surface area contributed by atoms with Crippen molar-refractivity contribution in [1.82, 2.24) is 5.32 Å². The maximum atomic E-state index is 12.8. The summed E-state index contributed by atoms with van der Waals surface area (Å²) in [6, 6.07) is 12.6. The summed E-state index contributed by atoms with van der Waals surface area (Å²) in [6.45, 7) is 4.00. The van der Waals surface area contributed by atoms with Crippen LogP contribution in [0.2, 0.25) is 5.02 Å². The highest BCUT2D eigenvalue weighted by molar-refractivity contribution is 7.92. The van der Waals surface area contributed by atoms with Crippen molar-refractivity contribution in [1.29, 1.82) is 0 Å². The lowest BCUT2D eigenvalue weighted by molar-refractivity contribution is 0.0938. The van der Waals surface area contributed by atoms with Gasteiger partial charge in [-0.15, -0.1) is 0 Å². The highest BCUT2D eigenvalue weighted by atomic mass is 35.5. The molecule has 0 bridgehead atoms. The molecule has 0 fully saturated rings. The molecule has 7 heteroatoms. The third-order valence-electron chi connectivity index (χ3n) is 4.04. The standard InChI is InChI=1S/C19H23ClN2O3S/c1-4-6-14(2)21-19(23)15-7-5-8-17(13-15)22(3)26(24,25)18-11-9-16(20)10-12-18/h5,7-14H,4,6H2,1-3H3,(H,21,23)/t14-/m1/s1. The van der Waals surface area contributed by atoms with Crippen molar-refractivity contribution in [2.24, 2.45) is 0 Å². The lowest BCUT2D eigenvalue weighted by atomic mass is 10.1. The molecule has 0 aliphatic heterocycles. The molecule has 0 radical (unpaired) electrons. The minimum absolute atomic E-state index is 0.0617. The molecule has 26 heavy (non-hydrogen) atoms. The van der Waals surface area contributed by atoms with E-state index < -0.39 is 10.0 Å². The highest BCUT2D eigenvalue weighted by Crippen LogP contribution is 2.24. The number of benzene rings is 2. The van der Waals surface area contributed by atoms with Gasteiger partial charge in [-0.1, -0.05) is 31.0 Å². The van der Waals surface area contributed by atoms with E-state index in [0.717, 1.165) is 17.1 Å². The lowest BCUT2D eigenvalue weighted by Gasteiger charge is -2.20. The molecule has 1 N–H and O–H groups in total. The second-order valence-corrected chi connectivity index (χ2v) is 8.55. The Balaban J connectivity index is 2.25. The SMILES string of the molecule is CCC[C@@H](C)NC(=O)c1cccc(N(C)S(=O)(=O)c2ccc(Cl)cc2)c1. The highest BCUT2D eigenvalue weighted by Gasteiger charge is 2.22. The Labute approximate surface area is 160 Å². The van der Waals surface area contributed by atoms with Gasteiger partial charge in [-0.2, -0.15) is 0 Å². The molecule has 0 aliphatic carbocycles. The minimum atomic E-state index is -3.74. The van der Waals surface area contributed by atoms with Crippen LogP contribution in [0.25, 0.3) is 0 Å². The topological polar surface area (TPSA) is 66.5 Å². The van der Waals surface area contributed by atoms with E-state index in [4.69, 9.17) is 11.6 Å². The van der Waals surface area contributed by atoms with Gasteiger partial charge in [0.1, 0.15) is 0 Å². The second kappa shape index (κ2) is 8.56. The average Bonchev–Trinajstić information content (AvgIpc) is 2.61. The van der Waals surface area contributed by atoms with Crippen molar-refractivity contribution in [2.45, 2.75) is 37.6 Å². The molecule has 2 aromatic rings. The van der Waals surface area contributed by atoms with Gasteiger partial charge in [0, 0.05) is 23.7 Å². The molecule has 2 rings (SSSR count). The van der Waals surface area contributed by atoms with Gasteiger partial charge < -0.3 is 5.32 Å². The van der Waals surface area contributed by atoms with Gasteiger partial charge in [0.05, 0.1) is 10.6 Å². The van der Waals surface area contributed by atoms with Gasteiger partial charge in [-0.25, -0.2) is 8.42 Å². The number of amides is 1. The monoisotopic (exact) mass is 394 g/mol. The van der Waals surface area contributed by atoms with Crippen LogP contribution in [-0.2, 0) is 10.0 Å². The molecule has 0 spiro atoms. The van der Waals surface area contributed by atoms with Crippen molar-refractivity contribution in [3.8, 4) is 0 Å². The Hall–Kier alpha value is -2.05. The zero-order valence-corrected chi connectivity index (χ0v) is 16.6. The Morgan fingerprint density at radius 1 is 1.19 bits per heavy atom. The number of rotatable bonds is 7. The Kier molecular flexibility index (Phi) is 6.67. The first-order valence-electron chi connectivity index (χ1n) is 8.41. The summed E-state index contributed by atoms with van der Waals surface area (Å²) in [4.78, 5) is 12.5. The van der Waals surface area contributed by atoms with E-state index in [1.807, 2.05) is 6.92 Å². The van der Waals surface area contributed by atoms with Gasteiger partial charge >= 0.3 is 0 Å². The number of nitrogens with one attached hydrogen (secondary N) is 1. The van der Waals surface area contributed by atoms with Crippen LogP contribution < -0.4 is 9.62 Å². The van der Waals surface area contributed by atoms with E-state index >= 15 is 0 Å². The van der Waals surface area contributed by atoms with E-state index in [-0.39, 0.29) is 16.8 Å². The summed E-state index contributed by atoms with van der Waals surface area (Å²) in [5, 5.41) is 3.38. The molecule has 5 nitrogen and oxygen atoms in total. The van der Waals surface area contributed by atoms with E-state index in [1.165, 1.54) is 31.3 Å². The molecule has 0 saturated carbocycles. The maximum Gasteiger partial charge on any atom is 0.264 e. The summed E-state index contributed by atoms with van der Waals surface area (Å²) in [5.41, 5.74) is 0.833. The maximum absolute atomic E-state index is 12.8. The van der Waals surface area contributed by atoms with Crippen LogP contribution in [0.3, 0.4) is 0 Å². The molecule has 1 amide bonds. The van der Waals surface area contributed by atoms with E-state index in [9.17, 15) is 13.2 Å². The molecular formula is C19H23ClN2O3S. The van der Waals surface area contributed by atoms with Crippen molar-refractivity contribution in [3.63, 3.8) is 0 Å². The summed E-state index contributed by atoms with van der Waals surface area (Å²) < 4.78 is 26.7. The van der Waals surface area contributed by atoms with Gasteiger partial charge in [0.15, 0.2) is 0 Å². The third-order valence-corrected chi connectivity index (χ3v) is 6.09. The quantitative estimate of drug-likeness (QED) is 0.769. The normalized spacial score (nSPS) is 12.5. The van der Waals surface area contributed by atoms with Gasteiger partial charge in [-0.3, -0.25) is 9.10 Å². The number of sulfonamides is 1. The molecule has 1 atom stereocenters. The van der Waals surface area contributed by atoms with Gasteiger partial charge in [-0.05, 0) is 55.8 Å². The number of hydrogen-bond donors (Lipinski definition) is 1. The van der Waals surface area contributed by atoms with Crippen LogP contribution in [-0.4, -0.2) is 27.4 Å². The minimum Gasteiger partial charge on any atom is -0.350 e. The average molecular weight is 395 g/mol. The smallest absolute Gasteiger partial charge is 0.264 e. The Bertz CT molecular complexity index is 867. The van der Waals surface area contributed by atoms with Crippen molar-refractivity contribution < 1.29 is 13.2 Å². The van der Waals surface area contributed by atoms with E-state index in [0.29, 0.717) is 16.3 Å². The fraction of sp³-hybridized carbons (Fsp3) is 0.316. The number of anilines is 1. The molecular weight excluding hydrogens is 372 g/mol. The molecule has 0 saturated heterocycles. The van der Waals surface area contributed by atoms with Crippen LogP contribution in [0, 0.1) is 0 Å². The molecule has 0 aliphatic rings. The molecule has 140 valence electrons. The van der Waals surface area contributed by atoms with E-state index in [2.05, 4.69) is 12.2 Å². The van der Waals surface area contributed by atoms with Crippen molar-refractivity contribution in [2.75, 3.05) is 11.4 Å².